The molecule has 5 rings (SSSR count). The van der Waals surface area contributed by atoms with E-state index in [2.05, 4.69) is 61.1 Å². The van der Waals surface area contributed by atoms with Crippen LogP contribution in [-0.2, 0) is 11.2 Å². The summed E-state index contributed by atoms with van der Waals surface area (Å²) in [5.74, 6) is 0.0836. The average Bonchev–Trinajstić information content (AvgIpc) is 2.96. The zero-order valence-electron chi connectivity index (χ0n) is 23.6. The molecule has 1 aliphatic rings. The van der Waals surface area contributed by atoms with Crippen molar-refractivity contribution in [2.24, 2.45) is 0 Å². The van der Waals surface area contributed by atoms with Crippen molar-refractivity contribution >= 4 is 34.6 Å². The van der Waals surface area contributed by atoms with Gasteiger partial charge in [-0.1, -0.05) is 36.7 Å². The first kappa shape index (κ1) is 27.7. The first-order valence-corrected chi connectivity index (χ1v) is 14.5. The molecule has 0 fully saturated rings. The summed E-state index contributed by atoms with van der Waals surface area (Å²) < 4.78 is 0. The smallest absolute Gasteiger partial charge is 0.232 e. The van der Waals surface area contributed by atoms with Gasteiger partial charge in [0.25, 0.3) is 0 Å². The van der Waals surface area contributed by atoms with E-state index in [0.29, 0.717) is 17.5 Å². The van der Waals surface area contributed by atoms with E-state index in [-0.39, 0.29) is 18.0 Å². The van der Waals surface area contributed by atoms with Gasteiger partial charge < -0.3 is 15.1 Å². The molecule has 0 bridgehead atoms. The molecule has 2 unspecified atom stereocenters. The van der Waals surface area contributed by atoms with Crippen LogP contribution in [0.5, 0.6) is 0 Å². The molecule has 1 aromatic heterocycles. The van der Waals surface area contributed by atoms with Crippen LogP contribution in [0.15, 0.2) is 91.3 Å². The Morgan fingerprint density at radius 1 is 0.975 bits per heavy atom. The number of benzene rings is 3. The number of rotatable bonds is 9. The largest absolute Gasteiger partial charge is 0.379 e. The topological polar surface area (TPSA) is 48.5 Å². The lowest BCUT2D eigenvalue weighted by atomic mass is 9.86. The Bertz CT molecular complexity index is 1440. The molecule has 3 aromatic carbocycles. The van der Waals surface area contributed by atoms with Gasteiger partial charge in [0.1, 0.15) is 0 Å². The van der Waals surface area contributed by atoms with Crippen LogP contribution in [0.3, 0.4) is 0 Å². The van der Waals surface area contributed by atoms with Gasteiger partial charge in [0.15, 0.2) is 0 Å². The predicted molar refractivity (Wildman–Crippen MR) is 166 cm³/mol. The fraction of sp³-hybridized carbons (Fsp3) is 0.294. The van der Waals surface area contributed by atoms with E-state index in [0.717, 1.165) is 41.0 Å². The Kier molecular flexibility index (Phi) is 8.41. The number of anilines is 3. The molecule has 1 aliphatic heterocycles. The number of pyridine rings is 1. The number of hydrogen-bond donors (Lipinski definition) is 1. The minimum absolute atomic E-state index is 0.0836. The molecule has 5 nitrogen and oxygen atoms in total. The minimum Gasteiger partial charge on any atom is -0.379 e. The monoisotopic (exact) mass is 552 g/mol. The maximum Gasteiger partial charge on any atom is 0.232 e. The zero-order chi connectivity index (χ0) is 28.2. The highest BCUT2D eigenvalue weighted by atomic mass is 35.5. The summed E-state index contributed by atoms with van der Waals surface area (Å²) in [4.78, 5) is 22.3. The van der Waals surface area contributed by atoms with E-state index >= 15 is 0 Å². The molecule has 0 saturated heterocycles. The third kappa shape index (κ3) is 5.85. The second-order valence-electron chi connectivity index (χ2n) is 10.8. The van der Waals surface area contributed by atoms with Crippen LogP contribution in [0.4, 0.5) is 17.1 Å². The van der Waals surface area contributed by atoms with Gasteiger partial charge >= 0.3 is 0 Å². The highest BCUT2D eigenvalue weighted by molar-refractivity contribution is 6.30. The fourth-order valence-corrected chi connectivity index (χ4v) is 5.73. The van der Waals surface area contributed by atoms with Gasteiger partial charge in [-0.15, -0.1) is 0 Å². The number of carbonyl (C=O) groups excluding carboxylic acids is 1. The summed E-state index contributed by atoms with van der Waals surface area (Å²) in [6, 6.07) is 26.9. The van der Waals surface area contributed by atoms with E-state index in [1.165, 1.54) is 11.3 Å². The van der Waals surface area contributed by atoms with Gasteiger partial charge in [-0.3, -0.25) is 9.78 Å². The van der Waals surface area contributed by atoms with Crippen molar-refractivity contribution in [3.8, 4) is 0 Å². The summed E-state index contributed by atoms with van der Waals surface area (Å²) in [6.45, 7) is 9.78. The molecule has 1 amide bonds. The standard InChI is InChI=1S/C34H37ClN4O/c1-5-20-38(23(2)3)31-13-8-27-21-33(40)39(34(32(27)22-31)26-6-9-28(35)10-7-26)30-14-11-29(12-15-30)37-24(4)25-16-18-36-19-17-25/h6-19,22-24,34,37H,5,20-21H2,1-4H3. The number of amides is 1. The van der Waals surface area contributed by atoms with E-state index in [4.69, 9.17) is 11.6 Å². The summed E-state index contributed by atoms with van der Waals surface area (Å²) >= 11 is 6.27. The Morgan fingerprint density at radius 3 is 2.33 bits per heavy atom. The molecule has 2 heterocycles. The second kappa shape index (κ2) is 12.1. The lowest BCUT2D eigenvalue weighted by Crippen LogP contribution is -2.41. The van der Waals surface area contributed by atoms with E-state index < -0.39 is 0 Å². The molecular weight excluding hydrogens is 516 g/mol. The maximum atomic E-state index is 13.8. The molecule has 6 heteroatoms. The second-order valence-corrected chi connectivity index (χ2v) is 11.2. The Morgan fingerprint density at radius 2 is 1.68 bits per heavy atom. The van der Waals surface area contributed by atoms with Crippen molar-refractivity contribution < 1.29 is 4.79 Å². The molecule has 4 aromatic rings. The van der Waals surface area contributed by atoms with Crippen LogP contribution in [0.1, 0.15) is 68.5 Å². The van der Waals surface area contributed by atoms with E-state index in [1.54, 1.807) is 12.4 Å². The van der Waals surface area contributed by atoms with Crippen LogP contribution in [0.2, 0.25) is 5.02 Å². The molecule has 0 radical (unpaired) electrons. The van der Waals surface area contributed by atoms with Gasteiger partial charge in [-0.25, -0.2) is 0 Å². The number of fused-ring (bicyclic) bond motifs is 1. The number of hydrogen-bond acceptors (Lipinski definition) is 4. The van der Waals surface area contributed by atoms with Crippen LogP contribution in [-0.4, -0.2) is 23.5 Å². The molecular formula is C34H37ClN4O. The number of carbonyl (C=O) groups is 1. The van der Waals surface area contributed by atoms with Crippen LogP contribution in [0.25, 0.3) is 0 Å². The van der Waals surface area contributed by atoms with Gasteiger partial charge in [-0.05, 0) is 110 Å². The van der Waals surface area contributed by atoms with E-state index in [9.17, 15) is 4.79 Å². The van der Waals surface area contributed by atoms with E-state index in [1.807, 2.05) is 65.6 Å². The van der Waals surface area contributed by atoms with Crippen LogP contribution < -0.4 is 15.1 Å². The predicted octanol–water partition coefficient (Wildman–Crippen LogP) is 8.21. The fourth-order valence-electron chi connectivity index (χ4n) is 5.60. The Hall–Kier alpha value is -3.83. The molecule has 1 N–H and O–H groups in total. The molecule has 0 spiro atoms. The Balaban J connectivity index is 1.52. The van der Waals surface area contributed by atoms with Crippen molar-refractivity contribution in [1.29, 1.82) is 0 Å². The maximum absolute atomic E-state index is 13.8. The van der Waals surface area contributed by atoms with Crippen molar-refractivity contribution in [2.75, 3.05) is 21.7 Å². The lowest BCUT2D eigenvalue weighted by molar-refractivity contribution is -0.118. The van der Waals surface area contributed by atoms with Crippen LogP contribution in [0, 0.1) is 0 Å². The quantitative estimate of drug-likeness (QED) is 0.227. The summed E-state index contributed by atoms with van der Waals surface area (Å²) in [5, 5.41) is 4.24. The van der Waals surface area contributed by atoms with Crippen molar-refractivity contribution in [1.82, 2.24) is 4.98 Å². The average molecular weight is 553 g/mol. The number of nitrogens with one attached hydrogen (secondary N) is 1. The van der Waals surface area contributed by atoms with Crippen molar-refractivity contribution in [2.45, 2.75) is 58.7 Å². The summed E-state index contributed by atoms with van der Waals surface area (Å²) in [7, 11) is 0. The number of aromatic nitrogens is 1. The highest BCUT2D eigenvalue weighted by Gasteiger charge is 2.35. The third-order valence-electron chi connectivity index (χ3n) is 7.63. The highest BCUT2D eigenvalue weighted by Crippen LogP contribution is 2.41. The van der Waals surface area contributed by atoms with Gasteiger partial charge in [0, 0.05) is 53.1 Å². The van der Waals surface area contributed by atoms with Crippen LogP contribution >= 0.6 is 11.6 Å². The molecule has 0 saturated carbocycles. The molecule has 2 atom stereocenters. The normalized spacial score (nSPS) is 15.6. The zero-order valence-corrected chi connectivity index (χ0v) is 24.4. The van der Waals surface area contributed by atoms with Gasteiger partial charge in [-0.2, -0.15) is 0 Å². The van der Waals surface area contributed by atoms with Crippen molar-refractivity contribution in [3.05, 3.63) is 119 Å². The Labute approximate surface area is 242 Å². The third-order valence-corrected chi connectivity index (χ3v) is 7.88. The number of nitrogens with zero attached hydrogens (tertiary/aromatic N) is 3. The van der Waals surface area contributed by atoms with Crippen molar-refractivity contribution in [3.63, 3.8) is 0 Å². The molecule has 206 valence electrons. The number of halogens is 1. The lowest BCUT2D eigenvalue weighted by Gasteiger charge is -2.39. The summed E-state index contributed by atoms with van der Waals surface area (Å²) in [5.41, 5.74) is 7.50. The first-order valence-electron chi connectivity index (χ1n) is 14.1. The molecule has 40 heavy (non-hydrogen) atoms. The first-order chi connectivity index (χ1) is 19.4. The van der Waals surface area contributed by atoms with Gasteiger partial charge in [0.2, 0.25) is 5.91 Å². The minimum atomic E-state index is -0.251. The van der Waals surface area contributed by atoms with Gasteiger partial charge in [0.05, 0.1) is 12.5 Å². The molecule has 0 aliphatic carbocycles. The summed E-state index contributed by atoms with van der Waals surface area (Å²) in [6.07, 6.45) is 5.05. The SMILES string of the molecule is CCCN(c1ccc2c(c1)C(c1ccc(Cl)cc1)N(c1ccc(NC(C)c3ccncc3)cc1)C(=O)C2)C(C)C.